The number of nitrogens with two attached hydrogens (primary N) is 1. The van der Waals surface area contributed by atoms with E-state index in [4.69, 9.17) is 10.5 Å². The molecule has 2 N–H and O–H groups in total. The zero-order valence-corrected chi connectivity index (χ0v) is 14.0. The first-order valence-electron chi connectivity index (χ1n) is 8.29. The first-order valence-corrected chi connectivity index (χ1v) is 8.29. The van der Waals surface area contributed by atoms with Crippen LogP contribution in [-0.4, -0.2) is 35.9 Å². The van der Waals surface area contributed by atoms with Crippen molar-refractivity contribution in [1.29, 1.82) is 0 Å². The largest absolute Gasteiger partial charge is 0.493 e. The third-order valence-corrected chi connectivity index (χ3v) is 4.40. The van der Waals surface area contributed by atoms with Gasteiger partial charge in [0.25, 0.3) is 0 Å². The summed E-state index contributed by atoms with van der Waals surface area (Å²) >= 11 is 0. The number of ether oxygens (including phenoxy) is 1. The van der Waals surface area contributed by atoms with Gasteiger partial charge < -0.3 is 15.4 Å². The molecule has 0 saturated carbocycles. The quantitative estimate of drug-likeness (QED) is 0.907. The van der Waals surface area contributed by atoms with Gasteiger partial charge in [-0.05, 0) is 49.9 Å². The molecule has 2 atom stereocenters. The molecule has 0 aromatic heterocycles. The van der Waals surface area contributed by atoms with Crippen molar-refractivity contribution in [3.05, 3.63) is 29.8 Å². The van der Waals surface area contributed by atoms with Crippen molar-refractivity contribution in [3.63, 3.8) is 0 Å². The number of likely N-dealkylation sites (tertiary alicyclic amines) is 1. The molecule has 1 aliphatic rings. The van der Waals surface area contributed by atoms with Crippen molar-refractivity contribution in [2.45, 2.75) is 45.6 Å². The van der Waals surface area contributed by atoms with Crippen LogP contribution in [0.3, 0.4) is 0 Å². The van der Waals surface area contributed by atoms with Crippen LogP contribution in [-0.2, 0) is 4.79 Å². The van der Waals surface area contributed by atoms with Crippen LogP contribution in [0.2, 0.25) is 0 Å². The number of rotatable bonds is 5. The Hall–Kier alpha value is -2.04. The molecular weight excluding hydrogens is 292 g/mol. The lowest BCUT2D eigenvalue weighted by atomic mass is 10.1. The number of amides is 2. The molecule has 0 spiro atoms. The Kier molecular flexibility index (Phi) is 6.02. The van der Waals surface area contributed by atoms with Gasteiger partial charge in [0, 0.05) is 18.2 Å². The predicted molar refractivity (Wildman–Crippen MR) is 89.3 cm³/mol. The Morgan fingerprint density at radius 2 is 1.91 bits per heavy atom. The minimum absolute atomic E-state index is 0.153. The molecule has 5 heteroatoms. The van der Waals surface area contributed by atoms with Gasteiger partial charge in [0.15, 0.2) is 0 Å². The van der Waals surface area contributed by atoms with E-state index in [9.17, 15) is 9.59 Å². The highest BCUT2D eigenvalue weighted by Crippen LogP contribution is 2.21. The molecule has 1 aliphatic heterocycles. The second-order valence-electron chi connectivity index (χ2n) is 6.42. The monoisotopic (exact) mass is 318 g/mol. The van der Waals surface area contributed by atoms with Crippen LogP contribution in [0.15, 0.2) is 24.3 Å². The van der Waals surface area contributed by atoms with E-state index in [1.807, 2.05) is 4.90 Å². The molecule has 2 amide bonds. The third kappa shape index (κ3) is 4.98. The van der Waals surface area contributed by atoms with Gasteiger partial charge >= 0.3 is 0 Å². The number of primary amides is 1. The third-order valence-electron chi connectivity index (χ3n) is 4.40. The number of carbonyl (C=O) groups is 2. The Morgan fingerprint density at radius 1 is 1.22 bits per heavy atom. The van der Waals surface area contributed by atoms with Crippen molar-refractivity contribution in [1.82, 2.24) is 4.90 Å². The van der Waals surface area contributed by atoms with Gasteiger partial charge in [-0.25, -0.2) is 0 Å². The van der Waals surface area contributed by atoms with Crippen molar-refractivity contribution >= 4 is 11.8 Å². The molecule has 5 nitrogen and oxygen atoms in total. The van der Waals surface area contributed by atoms with Crippen molar-refractivity contribution in [2.24, 2.45) is 11.7 Å². The van der Waals surface area contributed by atoms with E-state index in [0.717, 1.165) is 13.0 Å². The van der Waals surface area contributed by atoms with Crippen LogP contribution in [0.1, 0.15) is 49.9 Å². The minimum Gasteiger partial charge on any atom is -0.493 e. The molecule has 0 radical (unpaired) electrons. The summed E-state index contributed by atoms with van der Waals surface area (Å²) in [5, 5.41) is 0. The van der Waals surface area contributed by atoms with Gasteiger partial charge in [-0.1, -0.05) is 13.3 Å². The van der Waals surface area contributed by atoms with Crippen LogP contribution in [0.4, 0.5) is 0 Å². The maximum atomic E-state index is 12.4. The Bertz CT molecular complexity index is 542. The standard InChI is InChI=1S/C18H26N2O3/c1-13-4-3-5-14(2)20(12-13)17(21)10-11-23-16-8-6-15(7-9-16)18(19)22/h6-9,13-14H,3-5,10-12H2,1-2H3,(H2,19,22). The average molecular weight is 318 g/mol. The maximum Gasteiger partial charge on any atom is 0.248 e. The number of hydrogen-bond acceptors (Lipinski definition) is 3. The van der Waals surface area contributed by atoms with Gasteiger partial charge in [-0.2, -0.15) is 0 Å². The topological polar surface area (TPSA) is 72.6 Å². The summed E-state index contributed by atoms with van der Waals surface area (Å²) in [6, 6.07) is 6.95. The normalized spacial score (nSPS) is 21.6. The summed E-state index contributed by atoms with van der Waals surface area (Å²) in [4.78, 5) is 25.4. The van der Waals surface area contributed by atoms with E-state index >= 15 is 0 Å². The molecule has 1 saturated heterocycles. The fourth-order valence-corrected chi connectivity index (χ4v) is 2.99. The summed E-state index contributed by atoms with van der Waals surface area (Å²) in [7, 11) is 0. The molecule has 0 aliphatic carbocycles. The molecule has 0 bridgehead atoms. The van der Waals surface area contributed by atoms with E-state index < -0.39 is 5.91 Å². The SMILES string of the molecule is CC1CCCC(C)N(C(=O)CCOc2ccc(C(N)=O)cc2)C1. The highest BCUT2D eigenvalue weighted by Gasteiger charge is 2.24. The second-order valence-corrected chi connectivity index (χ2v) is 6.42. The van der Waals surface area contributed by atoms with Gasteiger partial charge in [0.1, 0.15) is 5.75 Å². The van der Waals surface area contributed by atoms with Crippen LogP contribution >= 0.6 is 0 Å². The molecule has 2 rings (SSSR count). The Morgan fingerprint density at radius 3 is 2.57 bits per heavy atom. The summed E-state index contributed by atoms with van der Waals surface area (Å²) in [6.45, 7) is 5.51. The number of benzene rings is 1. The highest BCUT2D eigenvalue weighted by atomic mass is 16.5. The van der Waals surface area contributed by atoms with Gasteiger partial charge in [-0.15, -0.1) is 0 Å². The Labute approximate surface area is 137 Å². The highest BCUT2D eigenvalue weighted by molar-refractivity contribution is 5.92. The molecule has 23 heavy (non-hydrogen) atoms. The molecule has 1 aromatic rings. The van der Waals surface area contributed by atoms with E-state index in [1.54, 1.807) is 24.3 Å². The molecule has 1 fully saturated rings. The van der Waals surface area contributed by atoms with E-state index in [1.165, 1.54) is 12.8 Å². The zero-order valence-electron chi connectivity index (χ0n) is 14.0. The molecular formula is C18H26N2O3. The fraction of sp³-hybridized carbons (Fsp3) is 0.556. The van der Waals surface area contributed by atoms with Crippen LogP contribution < -0.4 is 10.5 Å². The van der Waals surface area contributed by atoms with E-state index in [2.05, 4.69) is 13.8 Å². The first-order chi connectivity index (χ1) is 11.0. The van der Waals surface area contributed by atoms with Gasteiger partial charge in [0.2, 0.25) is 11.8 Å². The maximum absolute atomic E-state index is 12.4. The Balaban J connectivity index is 1.82. The summed E-state index contributed by atoms with van der Waals surface area (Å²) in [5.41, 5.74) is 5.64. The van der Waals surface area contributed by atoms with Crippen molar-refractivity contribution in [2.75, 3.05) is 13.2 Å². The lowest BCUT2D eigenvalue weighted by molar-refractivity contribution is -0.134. The van der Waals surface area contributed by atoms with Crippen molar-refractivity contribution in [3.8, 4) is 5.75 Å². The lowest BCUT2D eigenvalue weighted by Crippen LogP contribution is -2.40. The summed E-state index contributed by atoms with van der Waals surface area (Å²) < 4.78 is 5.60. The van der Waals surface area contributed by atoms with Gasteiger partial charge in [-0.3, -0.25) is 9.59 Å². The van der Waals surface area contributed by atoms with Crippen LogP contribution in [0, 0.1) is 5.92 Å². The van der Waals surface area contributed by atoms with Gasteiger partial charge in [0.05, 0.1) is 13.0 Å². The number of carbonyl (C=O) groups excluding carboxylic acids is 2. The number of hydrogen-bond donors (Lipinski definition) is 1. The minimum atomic E-state index is -0.462. The van der Waals surface area contributed by atoms with Crippen molar-refractivity contribution < 1.29 is 14.3 Å². The zero-order chi connectivity index (χ0) is 16.8. The average Bonchev–Trinajstić information content (AvgIpc) is 2.69. The molecule has 2 unspecified atom stereocenters. The molecule has 1 heterocycles. The van der Waals surface area contributed by atoms with Crippen LogP contribution in [0.5, 0.6) is 5.75 Å². The summed E-state index contributed by atoms with van der Waals surface area (Å²) in [6.07, 6.45) is 3.83. The second kappa shape index (κ2) is 7.99. The lowest BCUT2D eigenvalue weighted by Gasteiger charge is -2.28. The molecule has 126 valence electrons. The number of nitrogens with zero attached hydrogens (tertiary/aromatic N) is 1. The fourth-order valence-electron chi connectivity index (χ4n) is 2.99. The summed E-state index contributed by atoms with van der Waals surface area (Å²) in [5.74, 6) is 0.891. The van der Waals surface area contributed by atoms with E-state index in [0.29, 0.717) is 36.3 Å². The molecule has 1 aromatic carbocycles. The predicted octanol–water partition coefficient (Wildman–Crippen LogP) is 2.59. The van der Waals surface area contributed by atoms with Crippen LogP contribution in [0.25, 0.3) is 0 Å². The van der Waals surface area contributed by atoms with E-state index in [-0.39, 0.29) is 5.91 Å². The first kappa shape index (κ1) is 17.3. The smallest absolute Gasteiger partial charge is 0.248 e.